The number of para-hydroxylation sites is 1. The summed E-state index contributed by atoms with van der Waals surface area (Å²) in [4.78, 5) is 33.2. The van der Waals surface area contributed by atoms with Crippen LogP contribution in [0.3, 0.4) is 0 Å². The summed E-state index contributed by atoms with van der Waals surface area (Å²) in [5.74, 6) is -1.45. The number of aromatic nitrogens is 1. The zero-order valence-electron chi connectivity index (χ0n) is 15.4. The van der Waals surface area contributed by atoms with E-state index in [1.165, 1.54) is 6.20 Å². The molecular formula is C20H23IN3O3-. The summed E-state index contributed by atoms with van der Waals surface area (Å²) in [7, 11) is 0. The van der Waals surface area contributed by atoms with Crippen LogP contribution in [0.25, 0.3) is 10.9 Å². The van der Waals surface area contributed by atoms with Crippen LogP contribution in [0.5, 0.6) is 5.75 Å². The fourth-order valence-electron chi connectivity index (χ4n) is 3.26. The molecule has 2 N–H and O–H groups in total. The monoisotopic (exact) mass is 480 g/mol. The quantitative estimate of drug-likeness (QED) is 0.455. The minimum absolute atomic E-state index is 0.108. The Balaban J connectivity index is 0.000000817. The molecule has 0 aliphatic heterocycles. The molecule has 0 spiro atoms. The Morgan fingerprint density at radius 3 is 2.74 bits per heavy atom. The Morgan fingerprint density at radius 2 is 2.04 bits per heavy atom. The Morgan fingerprint density at radius 1 is 1.33 bits per heavy atom. The summed E-state index contributed by atoms with van der Waals surface area (Å²) in [6, 6.07) is 9.15. The molecule has 3 rings (SSSR count). The van der Waals surface area contributed by atoms with Crippen molar-refractivity contribution >= 4 is 22.6 Å². The Kier molecular flexibility index (Phi) is 7.98. The van der Waals surface area contributed by atoms with Crippen LogP contribution in [-0.4, -0.2) is 38.2 Å². The number of nitriles is 1. The fourth-order valence-corrected chi connectivity index (χ4v) is 3.26. The van der Waals surface area contributed by atoms with Crippen molar-refractivity contribution in [2.45, 2.75) is 19.3 Å². The number of alkyl halides is 2. The van der Waals surface area contributed by atoms with E-state index in [0.29, 0.717) is 38.5 Å². The molecule has 0 radical (unpaired) electrons. The van der Waals surface area contributed by atoms with E-state index in [1.807, 2.05) is 0 Å². The number of rotatable bonds is 4. The van der Waals surface area contributed by atoms with Crippen LogP contribution < -0.4 is 26.5 Å². The Hall–Kier alpha value is -2.21. The first-order chi connectivity index (χ1) is 13.0. The predicted octanol–water partition coefficient (Wildman–Crippen LogP) is -0.486. The van der Waals surface area contributed by atoms with Crippen LogP contribution in [0, 0.1) is 23.2 Å². The maximum atomic E-state index is 12.4. The number of hydrogen-bond donors (Lipinski definition) is 2. The number of pyridine rings is 1. The average Bonchev–Trinajstić information content (AvgIpc) is 3.15. The van der Waals surface area contributed by atoms with Gasteiger partial charge in [0.2, 0.25) is 0 Å². The molecule has 2 aromatic rings. The summed E-state index contributed by atoms with van der Waals surface area (Å²) in [5, 5.41) is 22.1. The van der Waals surface area contributed by atoms with Gasteiger partial charge >= 0.3 is 31.1 Å². The number of halogens is 1. The zero-order chi connectivity index (χ0) is 19.8. The van der Waals surface area contributed by atoms with Gasteiger partial charge in [-0.25, -0.2) is 0 Å². The van der Waals surface area contributed by atoms with E-state index in [1.54, 1.807) is 24.3 Å². The number of aromatic hydroxyl groups is 1. The summed E-state index contributed by atoms with van der Waals surface area (Å²) in [6.07, 6.45) is 3.51. The number of fused-ring (bicyclic) bond motifs is 1. The van der Waals surface area contributed by atoms with Gasteiger partial charge in [0.05, 0.1) is 35.8 Å². The summed E-state index contributed by atoms with van der Waals surface area (Å²) in [6.45, 7) is -0.141. The van der Waals surface area contributed by atoms with Crippen LogP contribution in [0.1, 0.15) is 29.6 Å². The normalized spacial score (nSPS) is 18.4. The van der Waals surface area contributed by atoms with Crippen molar-refractivity contribution in [1.82, 2.24) is 10.3 Å². The first kappa shape index (κ1) is 21.1. The van der Waals surface area contributed by atoms with E-state index in [9.17, 15) is 14.7 Å². The summed E-state index contributed by atoms with van der Waals surface area (Å²) < 4.78 is 0. The second kappa shape index (κ2) is 10.2. The van der Waals surface area contributed by atoms with Crippen LogP contribution in [-0.2, 0) is 4.79 Å². The van der Waals surface area contributed by atoms with Gasteiger partial charge in [0.25, 0.3) is 5.91 Å². The number of carbonyl (C=O) groups excluding carboxylic acids is 2. The number of ketones is 1. The zero-order valence-corrected chi connectivity index (χ0v) is 17.6. The molecule has 1 aliphatic rings. The van der Waals surface area contributed by atoms with Crippen molar-refractivity contribution in [1.29, 1.82) is 5.26 Å². The van der Waals surface area contributed by atoms with E-state index >= 15 is 0 Å². The molecule has 1 fully saturated rings. The molecular weight excluding hydrogens is 457 g/mol. The van der Waals surface area contributed by atoms with Crippen LogP contribution in [0.2, 0.25) is 0 Å². The molecule has 2 unspecified atom stereocenters. The minimum atomic E-state index is -0.522. The third-order valence-corrected chi connectivity index (χ3v) is 4.50. The van der Waals surface area contributed by atoms with Gasteiger partial charge in [0.15, 0.2) is 5.78 Å². The molecule has 1 aromatic carbocycles. The van der Waals surface area contributed by atoms with Crippen LogP contribution in [0.15, 0.2) is 30.5 Å². The number of Topliss-reactive ketones (excluding diaryl/α,β-unsaturated/α-hetero) is 1. The minimum Gasteiger partial charge on any atom is -0.505 e. The van der Waals surface area contributed by atoms with Gasteiger partial charge in [0.1, 0.15) is 5.75 Å². The Labute approximate surface area is 169 Å². The molecule has 1 aliphatic carbocycles. The van der Waals surface area contributed by atoms with Gasteiger partial charge < -0.3 is 10.4 Å². The number of carbonyl (C=O) groups is 2. The van der Waals surface area contributed by atoms with E-state index in [4.69, 9.17) is 5.26 Å². The largest absolute Gasteiger partial charge is 0.505 e. The van der Waals surface area contributed by atoms with Crippen LogP contribution in [0.4, 0.5) is 0 Å². The molecule has 1 amide bonds. The first-order valence-corrected chi connectivity index (χ1v) is 13.0. The number of nitrogens with one attached hydrogen (secondary N) is 1. The molecule has 144 valence electrons. The number of benzene rings is 1. The second-order valence-electron chi connectivity index (χ2n) is 6.34. The molecule has 27 heavy (non-hydrogen) atoms. The molecule has 7 heteroatoms. The third-order valence-electron chi connectivity index (χ3n) is 4.50. The Bertz CT molecular complexity index is 863. The maximum Gasteiger partial charge on any atom is 0.256 e. The van der Waals surface area contributed by atoms with Gasteiger partial charge in [-0.15, -0.1) is 0 Å². The molecule has 0 saturated heterocycles. The fraction of sp³-hybridized carbons (Fsp3) is 0.400. The van der Waals surface area contributed by atoms with E-state index in [2.05, 4.69) is 26.2 Å². The SMILES string of the molecule is C[I-]C.N#CC1CCCC1C(=O)CNC(=O)c1c(O)cnc2ccccc12. The number of hydrogen-bond acceptors (Lipinski definition) is 5. The van der Waals surface area contributed by atoms with Gasteiger partial charge in [-0.2, -0.15) is 5.26 Å². The van der Waals surface area contributed by atoms with Gasteiger partial charge in [-0.3, -0.25) is 14.6 Å². The number of amides is 1. The van der Waals surface area contributed by atoms with E-state index in [0.717, 1.165) is 12.8 Å². The first-order valence-electron chi connectivity index (χ1n) is 8.64. The van der Waals surface area contributed by atoms with Gasteiger partial charge in [-0.1, -0.05) is 24.6 Å². The predicted molar refractivity (Wildman–Crippen MR) is 99.0 cm³/mol. The summed E-state index contributed by atoms with van der Waals surface area (Å²) >= 11 is 0.590. The smallest absolute Gasteiger partial charge is 0.256 e. The van der Waals surface area contributed by atoms with Crippen molar-refractivity contribution in [3.8, 4) is 11.8 Å². The van der Waals surface area contributed by atoms with Crippen LogP contribution >= 0.6 is 0 Å². The average molecular weight is 480 g/mol. The van der Waals surface area contributed by atoms with Crippen molar-refractivity contribution < 1.29 is 35.9 Å². The number of nitrogens with zero attached hydrogens (tertiary/aromatic N) is 2. The third kappa shape index (κ3) is 5.16. The molecule has 2 atom stereocenters. The van der Waals surface area contributed by atoms with E-state index in [-0.39, 0.29) is 35.5 Å². The van der Waals surface area contributed by atoms with Crippen molar-refractivity contribution in [2.75, 3.05) is 16.4 Å². The summed E-state index contributed by atoms with van der Waals surface area (Å²) in [5.41, 5.74) is 0.698. The van der Waals surface area contributed by atoms with Crippen molar-refractivity contribution in [3.63, 3.8) is 0 Å². The van der Waals surface area contributed by atoms with E-state index < -0.39 is 5.91 Å². The second-order valence-corrected chi connectivity index (χ2v) is 8.49. The molecule has 1 heterocycles. The van der Waals surface area contributed by atoms with Gasteiger partial charge in [-0.05, 0) is 18.9 Å². The maximum absolute atomic E-state index is 12.4. The topological polar surface area (TPSA) is 103 Å². The van der Waals surface area contributed by atoms with Crippen molar-refractivity contribution in [3.05, 3.63) is 36.0 Å². The molecule has 1 aromatic heterocycles. The molecule has 0 bridgehead atoms. The standard InChI is InChI=1S/C18H17N3O3.C2H6I/c19-8-11-4-3-6-12(11)15(22)9-21-18(24)17-13-5-1-2-7-14(13)20-10-16(17)23;1-3-2/h1-2,5,7,10-12,23H,3-4,6,9H2,(H,21,24);1-2H3/q;-1. The molecule has 1 saturated carbocycles. The van der Waals surface area contributed by atoms with Crippen molar-refractivity contribution in [2.24, 2.45) is 11.8 Å². The van der Waals surface area contributed by atoms with Gasteiger partial charge in [0, 0.05) is 11.3 Å². The molecule has 6 nitrogen and oxygen atoms in total.